The number of carbonyl (C=O) groups is 2. The van der Waals surface area contributed by atoms with Gasteiger partial charge in [-0.15, -0.1) is 0 Å². The molecule has 0 bridgehead atoms. The quantitative estimate of drug-likeness (QED) is 0.395. The summed E-state index contributed by atoms with van der Waals surface area (Å²) >= 11 is 0. The summed E-state index contributed by atoms with van der Waals surface area (Å²) in [7, 11) is 0. The predicted molar refractivity (Wildman–Crippen MR) is 92.2 cm³/mol. The monoisotopic (exact) mass is 356 g/mol. The summed E-state index contributed by atoms with van der Waals surface area (Å²) in [5.74, 6) is -0.263. The molecule has 6 nitrogen and oxygen atoms in total. The molecule has 2 aliphatic heterocycles. The molecule has 2 aliphatic rings. The summed E-state index contributed by atoms with van der Waals surface area (Å²) in [5.41, 5.74) is 0. The Morgan fingerprint density at radius 3 is 1.56 bits per heavy atom. The third-order valence-corrected chi connectivity index (χ3v) is 4.67. The third kappa shape index (κ3) is 9.21. The lowest BCUT2D eigenvalue weighted by Gasteiger charge is -2.10. The first-order valence-electron chi connectivity index (χ1n) is 9.78. The smallest absolute Gasteiger partial charge is 0.305 e. The minimum Gasteiger partial charge on any atom is -0.463 e. The van der Waals surface area contributed by atoms with Crippen LogP contribution in [0, 0.1) is 0 Å². The number of esters is 2. The fourth-order valence-electron chi connectivity index (χ4n) is 3.14. The Hall–Kier alpha value is -1.14. The van der Waals surface area contributed by atoms with E-state index in [2.05, 4.69) is 0 Å². The van der Waals surface area contributed by atoms with Gasteiger partial charge in [-0.3, -0.25) is 9.59 Å². The molecule has 0 saturated carbocycles. The van der Waals surface area contributed by atoms with Crippen molar-refractivity contribution in [3.05, 3.63) is 0 Å². The average Bonchev–Trinajstić information content (AvgIpc) is 3.30. The van der Waals surface area contributed by atoms with Crippen molar-refractivity contribution in [1.29, 1.82) is 0 Å². The molecular weight excluding hydrogens is 324 g/mol. The van der Waals surface area contributed by atoms with Crippen LogP contribution >= 0.6 is 0 Å². The maximum Gasteiger partial charge on any atom is 0.305 e. The molecule has 0 aromatic rings. The second-order valence-electron chi connectivity index (χ2n) is 6.90. The minimum atomic E-state index is -0.131. The molecule has 2 unspecified atom stereocenters. The van der Waals surface area contributed by atoms with Crippen LogP contribution < -0.4 is 0 Å². The summed E-state index contributed by atoms with van der Waals surface area (Å²) in [5, 5.41) is 0. The molecule has 0 amide bonds. The number of ether oxygens (including phenoxy) is 4. The van der Waals surface area contributed by atoms with Crippen molar-refractivity contribution in [3.8, 4) is 0 Å². The molecule has 6 heteroatoms. The molecule has 2 atom stereocenters. The molecule has 0 spiro atoms. The van der Waals surface area contributed by atoms with E-state index in [-0.39, 0.29) is 24.1 Å². The van der Waals surface area contributed by atoms with Gasteiger partial charge in [-0.1, -0.05) is 19.3 Å². The van der Waals surface area contributed by atoms with Gasteiger partial charge in [0.25, 0.3) is 0 Å². The zero-order valence-electron chi connectivity index (χ0n) is 15.2. The lowest BCUT2D eigenvalue weighted by Crippen LogP contribution is -2.17. The van der Waals surface area contributed by atoms with Crippen molar-refractivity contribution in [1.82, 2.24) is 0 Å². The number of unbranched alkanes of at least 4 members (excludes halogenated alkanes) is 4. The lowest BCUT2D eigenvalue weighted by atomic mass is 10.1. The van der Waals surface area contributed by atoms with E-state index >= 15 is 0 Å². The average molecular weight is 356 g/mol. The molecule has 2 saturated heterocycles. The maximum absolute atomic E-state index is 11.6. The Bertz CT molecular complexity index is 349. The second-order valence-corrected chi connectivity index (χ2v) is 6.90. The van der Waals surface area contributed by atoms with Gasteiger partial charge >= 0.3 is 11.9 Å². The van der Waals surface area contributed by atoms with Crippen LogP contribution in [-0.4, -0.2) is 50.6 Å². The van der Waals surface area contributed by atoms with E-state index in [1.807, 2.05) is 0 Å². The molecule has 0 radical (unpaired) electrons. The van der Waals surface area contributed by atoms with Crippen molar-refractivity contribution in [2.45, 2.75) is 82.8 Å². The van der Waals surface area contributed by atoms with Crippen LogP contribution in [-0.2, 0) is 28.5 Å². The standard InChI is InChI=1S/C19H32O6/c20-18(24-14-16-8-6-12-22-16)10-4-2-1-3-5-11-19(21)25-15-17-9-7-13-23-17/h16-17H,1-15H2. The molecular formula is C19H32O6. The zero-order valence-corrected chi connectivity index (χ0v) is 15.2. The van der Waals surface area contributed by atoms with E-state index < -0.39 is 0 Å². The number of carbonyl (C=O) groups excluding carboxylic acids is 2. The highest BCUT2D eigenvalue weighted by molar-refractivity contribution is 5.69. The Balaban J connectivity index is 1.34. The Morgan fingerprint density at radius 1 is 0.720 bits per heavy atom. The summed E-state index contributed by atoms with van der Waals surface area (Å²) < 4.78 is 21.3. The van der Waals surface area contributed by atoms with Crippen LogP contribution in [0.25, 0.3) is 0 Å². The third-order valence-electron chi connectivity index (χ3n) is 4.67. The van der Waals surface area contributed by atoms with Gasteiger partial charge < -0.3 is 18.9 Å². The Kier molecular flexibility index (Phi) is 9.89. The molecule has 2 rings (SSSR count). The van der Waals surface area contributed by atoms with Crippen molar-refractivity contribution in [2.24, 2.45) is 0 Å². The lowest BCUT2D eigenvalue weighted by molar-refractivity contribution is -0.147. The zero-order chi connectivity index (χ0) is 17.7. The van der Waals surface area contributed by atoms with E-state index in [1.54, 1.807) is 0 Å². The Labute approximate surface area is 150 Å². The SMILES string of the molecule is O=C(CCCCCCCC(=O)OCC1CCCO1)OCC1CCCO1. The molecule has 0 aromatic carbocycles. The second kappa shape index (κ2) is 12.3. The molecule has 25 heavy (non-hydrogen) atoms. The first-order valence-corrected chi connectivity index (χ1v) is 9.78. The molecule has 2 fully saturated rings. The largest absolute Gasteiger partial charge is 0.463 e. The van der Waals surface area contributed by atoms with Gasteiger partial charge in [0.05, 0.1) is 12.2 Å². The van der Waals surface area contributed by atoms with Crippen LogP contribution in [0.1, 0.15) is 70.6 Å². The molecule has 2 heterocycles. The fourth-order valence-corrected chi connectivity index (χ4v) is 3.14. The van der Waals surface area contributed by atoms with Crippen molar-refractivity contribution in [2.75, 3.05) is 26.4 Å². The van der Waals surface area contributed by atoms with Gasteiger partial charge in [0, 0.05) is 26.1 Å². The van der Waals surface area contributed by atoms with Crippen LogP contribution in [0.15, 0.2) is 0 Å². The number of hydrogen-bond donors (Lipinski definition) is 0. The van der Waals surface area contributed by atoms with Gasteiger partial charge in [-0.2, -0.15) is 0 Å². The number of rotatable bonds is 12. The minimum absolute atomic E-state index is 0.101. The summed E-state index contributed by atoms with van der Waals surface area (Å²) in [6.45, 7) is 2.36. The van der Waals surface area contributed by atoms with Gasteiger partial charge in [-0.05, 0) is 38.5 Å². The Morgan fingerprint density at radius 2 is 1.16 bits per heavy atom. The summed E-state index contributed by atoms with van der Waals surface area (Å²) in [4.78, 5) is 23.2. The van der Waals surface area contributed by atoms with Gasteiger partial charge in [0.1, 0.15) is 13.2 Å². The number of hydrogen-bond acceptors (Lipinski definition) is 6. The van der Waals surface area contributed by atoms with E-state index in [4.69, 9.17) is 18.9 Å². The van der Waals surface area contributed by atoms with Crippen LogP contribution in [0.3, 0.4) is 0 Å². The van der Waals surface area contributed by atoms with Gasteiger partial charge in [0.15, 0.2) is 0 Å². The van der Waals surface area contributed by atoms with E-state index in [9.17, 15) is 9.59 Å². The van der Waals surface area contributed by atoms with E-state index in [0.29, 0.717) is 26.1 Å². The molecule has 0 N–H and O–H groups in total. The predicted octanol–water partition coefficient (Wildman–Crippen LogP) is 3.16. The van der Waals surface area contributed by atoms with Crippen molar-refractivity contribution >= 4 is 11.9 Å². The highest BCUT2D eigenvalue weighted by Crippen LogP contribution is 2.14. The first-order chi connectivity index (χ1) is 12.2. The molecule has 144 valence electrons. The topological polar surface area (TPSA) is 71.1 Å². The van der Waals surface area contributed by atoms with Crippen molar-refractivity contribution < 1.29 is 28.5 Å². The van der Waals surface area contributed by atoms with E-state index in [0.717, 1.165) is 71.0 Å². The van der Waals surface area contributed by atoms with Crippen LogP contribution in [0.2, 0.25) is 0 Å². The van der Waals surface area contributed by atoms with Gasteiger partial charge in [0.2, 0.25) is 0 Å². The molecule has 0 aliphatic carbocycles. The van der Waals surface area contributed by atoms with Gasteiger partial charge in [-0.25, -0.2) is 0 Å². The summed E-state index contributed by atoms with van der Waals surface area (Å²) in [6, 6.07) is 0. The normalized spacial score (nSPS) is 22.9. The van der Waals surface area contributed by atoms with Crippen LogP contribution in [0.4, 0.5) is 0 Å². The highest BCUT2D eigenvalue weighted by atomic mass is 16.6. The maximum atomic E-state index is 11.6. The first kappa shape index (κ1) is 20.2. The van der Waals surface area contributed by atoms with E-state index in [1.165, 1.54) is 0 Å². The highest BCUT2D eigenvalue weighted by Gasteiger charge is 2.18. The fraction of sp³-hybridized carbons (Fsp3) is 0.895. The molecule has 0 aromatic heterocycles. The summed E-state index contributed by atoms with van der Waals surface area (Å²) in [6.07, 6.45) is 9.92. The van der Waals surface area contributed by atoms with Crippen molar-refractivity contribution in [3.63, 3.8) is 0 Å². The van der Waals surface area contributed by atoms with Crippen LogP contribution in [0.5, 0.6) is 0 Å².